The summed E-state index contributed by atoms with van der Waals surface area (Å²) in [7, 11) is 1.54. The lowest BCUT2D eigenvalue weighted by atomic mass is 9.83. The highest BCUT2D eigenvalue weighted by atomic mass is 35.5. The van der Waals surface area contributed by atoms with Gasteiger partial charge in [0.25, 0.3) is 0 Å². The van der Waals surface area contributed by atoms with Crippen LogP contribution in [-0.4, -0.2) is 25.6 Å². The Balaban J connectivity index is 1.85. The fraction of sp³-hybridized carbons (Fsp3) is 0.200. The quantitative estimate of drug-likeness (QED) is 0.751. The van der Waals surface area contributed by atoms with E-state index in [1.54, 1.807) is 13.2 Å². The summed E-state index contributed by atoms with van der Waals surface area (Å²) in [6, 6.07) is 11.3. The van der Waals surface area contributed by atoms with E-state index in [1.165, 1.54) is 23.1 Å². The van der Waals surface area contributed by atoms with Crippen molar-refractivity contribution in [2.24, 2.45) is 0 Å². The van der Waals surface area contributed by atoms with E-state index in [0.29, 0.717) is 22.7 Å². The highest BCUT2D eigenvalue weighted by Crippen LogP contribution is 2.44. The maximum absolute atomic E-state index is 13.5. The molecule has 0 saturated heterocycles. The average Bonchev–Trinajstić information content (AvgIpc) is 3.05. The van der Waals surface area contributed by atoms with E-state index >= 15 is 0 Å². The van der Waals surface area contributed by atoms with Crippen molar-refractivity contribution >= 4 is 29.2 Å². The van der Waals surface area contributed by atoms with Gasteiger partial charge in [0.2, 0.25) is 5.91 Å². The number of amides is 1. The second-order valence-electron chi connectivity index (χ2n) is 6.26. The van der Waals surface area contributed by atoms with Crippen LogP contribution in [0.15, 0.2) is 53.7 Å². The molecular formula is C20H15ClFNO4. The number of esters is 1. The topological polar surface area (TPSA) is 55.8 Å². The largest absolute Gasteiger partial charge is 0.496 e. The van der Waals surface area contributed by atoms with Crippen molar-refractivity contribution in [3.8, 4) is 5.75 Å². The predicted molar refractivity (Wildman–Crippen MR) is 97.2 cm³/mol. The van der Waals surface area contributed by atoms with Gasteiger partial charge in [-0.2, -0.15) is 0 Å². The lowest BCUT2D eigenvalue weighted by Gasteiger charge is -2.32. The van der Waals surface area contributed by atoms with E-state index < -0.39 is 17.7 Å². The summed E-state index contributed by atoms with van der Waals surface area (Å²) in [6.07, 6.45) is 0.0588. The number of hydrogen-bond acceptors (Lipinski definition) is 4. The Kier molecular flexibility index (Phi) is 4.36. The van der Waals surface area contributed by atoms with E-state index in [1.807, 2.05) is 18.2 Å². The Morgan fingerprint density at radius 3 is 2.74 bits per heavy atom. The van der Waals surface area contributed by atoms with E-state index in [2.05, 4.69) is 0 Å². The Morgan fingerprint density at radius 1 is 1.22 bits per heavy atom. The van der Waals surface area contributed by atoms with Crippen LogP contribution in [-0.2, 0) is 14.3 Å². The number of hydrogen-bond donors (Lipinski definition) is 0. The van der Waals surface area contributed by atoms with Crippen LogP contribution in [0.3, 0.4) is 0 Å². The lowest BCUT2D eigenvalue weighted by molar-refractivity contribution is -0.136. The van der Waals surface area contributed by atoms with Gasteiger partial charge in [-0.15, -0.1) is 0 Å². The van der Waals surface area contributed by atoms with E-state index in [-0.39, 0.29) is 24.0 Å². The molecule has 0 saturated carbocycles. The molecule has 1 atom stereocenters. The minimum Gasteiger partial charge on any atom is -0.496 e. The molecule has 1 unspecified atom stereocenters. The van der Waals surface area contributed by atoms with Crippen LogP contribution in [0.2, 0.25) is 5.02 Å². The molecule has 2 aromatic rings. The number of benzene rings is 2. The Bertz CT molecular complexity index is 988. The SMILES string of the molecule is COc1ccccc1C1CC(=O)N(c2ccc(F)c(Cl)c2)C2=C1C(=O)OC2. The predicted octanol–water partition coefficient (Wildman–Crippen LogP) is 3.82. The van der Waals surface area contributed by atoms with Crippen molar-refractivity contribution in [1.82, 2.24) is 0 Å². The van der Waals surface area contributed by atoms with Crippen LogP contribution in [0.5, 0.6) is 5.75 Å². The summed E-state index contributed by atoms with van der Waals surface area (Å²) in [4.78, 5) is 26.8. The van der Waals surface area contributed by atoms with Crippen LogP contribution in [0.4, 0.5) is 10.1 Å². The van der Waals surface area contributed by atoms with Crippen LogP contribution in [0.25, 0.3) is 0 Å². The molecule has 138 valence electrons. The van der Waals surface area contributed by atoms with Crippen molar-refractivity contribution in [3.63, 3.8) is 0 Å². The standard InChI is InChI=1S/C20H15ClFNO4/c1-26-17-5-3-2-4-12(17)13-9-18(24)23(16-10-27-20(25)19(13)16)11-6-7-15(22)14(21)8-11/h2-8,13H,9-10H2,1H3. The molecule has 0 radical (unpaired) electrons. The Morgan fingerprint density at radius 2 is 2.00 bits per heavy atom. The summed E-state index contributed by atoms with van der Waals surface area (Å²) < 4.78 is 24.1. The molecule has 0 aliphatic carbocycles. The van der Waals surface area contributed by atoms with Crippen molar-refractivity contribution < 1.29 is 23.5 Å². The highest BCUT2D eigenvalue weighted by molar-refractivity contribution is 6.31. The molecule has 0 spiro atoms. The number of methoxy groups -OCH3 is 1. The van der Waals surface area contributed by atoms with Crippen molar-refractivity contribution in [2.45, 2.75) is 12.3 Å². The van der Waals surface area contributed by atoms with Crippen LogP contribution in [0.1, 0.15) is 17.9 Å². The molecule has 2 heterocycles. The molecular weight excluding hydrogens is 373 g/mol. The normalized spacial score (nSPS) is 19.2. The first-order chi connectivity index (χ1) is 13.0. The number of para-hydroxylation sites is 1. The fourth-order valence-corrected chi connectivity index (χ4v) is 3.77. The zero-order chi connectivity index (χ0) is 19.1. The zero-order valence-electron chi connectivity index (χ0n) is 14.4. The summed E-state index contributed by atoms with van der Waals surface area (Å²) >= 11 is 5.87. The number of halogens is 2. The van der Waals surface area contributed by atoms with E-state index in [9.17, 15) is 14.0 Å². The monoisotopic (exact) mass is 387 g/mol. The molecule has 0 fully saturated rings. The molecule has 0 bridgehead atoms. The van der Waals surface area contributed by atoms with E-state index in [4.69, 9.17) is 21.1 Å². The first-order valence-electron chi connectivity index (χ1n) is 8.32. The summed E-state index contributed by atoms with van der Waals surface area (Å²) in [5, 5.41) is -0.0976. The third-order valence-electron chi connectivity index (χ3n) is 4.79. The van der Waals surface area contributed by atoms with Gasteiger partial charge in [0.05, 0.1) is 29.1 Å². The van der Waals surface area contributed by atoms with Crippen molar-refractivity contribution in [3.05, 3.63) is 70.1 Å². The third kappa shape index (κ3) is 2.86. The van der Waals surface area contributed by atoms with Gasteiger partial charge in [0, 0.05) is 17.9 Å². The number of nitrogens with zero attached hydrogens (tertiary/aromatic N) is 1. The summed E-state index contributed by atoms with van der Waals surface area (Å²) in [5.74, 6) is -1.15. The molecule has 0 aromatic heterocycles. The van der Waals surface area contributed by atoms with Gasteiger partial charge in [-0.3, -0.25) is 9.69 Å². The molecule has 4 rings (SSSR count). The Hall–Kier alpha value is -2.86. The summed E-state index contributed by atoms with van der Waals surface area (Å²) in [6.45, 7) is -0.0272. The molecule has 5 nitrogen and oxygen atoms in total. The highest BCUT2D eigenvalue weighted by Gasteiger charge is 2.43. The van der Waals surface area contributed by atoms with E-state index in [0.717, 1.165) is 5.56 Å². The molecule has 1 amide bonds. The van der Waals surface area contributed by atoms with Gasteiger partial charge >= 0.3 is 5.97 Å². The van der Waals surface area contributed by atoms with Crippen molar-refractivity contribution in [1.29, 1.82) is 0 Å². The number of cyclic esters (lactones) is 1. The Labute approximate surface area is 159 Å². The number of ether oxygens (including phenoxy) is 2. The maximum atomic E-state index is 13.5. The van der Waals surface area contributed by atoms with Crippen LogP contribution < -0.4 is 9.64 Å². The van der Waals surface area contributed by atoms with Gasteiger partial charge < -0.3 is 9.47 Å². The first kappa shape index (κ1) is 17.5. The molecule has 2 aliphatic rings. The third-order valence-corrected chi connectivity index (χ3v) is 5.08. The number of carbonyl (C=O) groups excluding carboxylic acids is 2. The second-order valence-corrected chi connectivity index (χ2v) is 6.67. The molecule has 2 aromatic carbocycles. The van der Waals surface area contributed by atoms with Gasteiger partial charge in [0.1, 0.15) is 18.2 Å². The second kappa shape index (κ2) is 6.70. The number of anilines is 1. The molecule has 0 N–H and O–H groups in total. The van der Waals surface area contributed by atoms with Crippen LogP contribution >= 0.6 is 11.6 Å². The van der Waals surface area contributed by atoms with Gasteiger partial charge in [-0.25, -0.2) is 9.18 Å². The van der Waals surface area contributed by atoms with Gasteiger partial charge in [-0.1, -0.05) is 29.8 Å². The average molecular weight is 388 g/mol. The number of carbonyl (C=O) groups is 2. The van der Waals surface area contributed by atoms with Crippen LogP contribution in [0, 0.1) is 5.82 Å². The first-order valence-corrected chi connectivity index (χ1v) is 8.70. The number of rotatable bonds is 3. The smallest absolute Gasteiger partial charge is 0.336 e. The maximum Gasteiger partial charge on any atom is 0.336 e. The molecule has 2 aliphatic heterocycles. The minimum absolute atomic E-state index is 0.0272. The molecule has 27 heavy (non-hydrogen) atoms. The molecule has 7 heteroatoms. The van der Waals surface area contributed by atoms with Gasteiger partial charge in [-0.05, 0) is 24.3 Å². The lowest BCUT2D eigenvalue weighted by Crippen LogP contribution is -2.37. The van der Waals surface area contributed by atoms with Crippen molar-refractivity contribution in [2.75, 3.05) is 18.6 Å². The van der Waals surface area contributed by atoms with Gasteiger partial charge in [0.15, 0.2) is 0 Å². The minimum atomic E-state index is -0.579. The zero-order valence-corrected chi connectivity index (χ0v) is 15.1. The fourth-order valence-electron chi connectivity index (χ4n) is 3.60. The summed E-state index contributed by atoms with van der Waals surface area (Å²) in [5.41, 5.74) is 2.02.